The summed E-state index contributed by atoms with van der Waals surface area (Å²) in [4.78, 5) is 25.4. The minimum atomic E-state index is -0.237. The molecule has 0 radical (unpaired) electrons. The van der Waals surface area contributed by atoms with Crippen molar-refractivity contribution in [1.29, 1.82) is 5.26 Å². The quantitative estimate of drug-likeness (QED) is 0.302. The first-order valence-corrected chi connectivity index (χ1v) is 10.8. The summed E-state index contributed by atoms with van der Waals surface area (Å²) in [5.74, 6) is 0.423. The Labute approximate surface area is 201 Å². The van der Waals surface area contributed by atoms with Crippen LogP contribution in [0.15, 0.2) is 97.6 Å². The summed E-state index contributed by atoms with van der Waals surface area (Å²) in [5, 5.41) is 19.5. The Balaban J connectivity index is 1.33. The van der Waals surface area contributed by atoms with Gasteiger partial charge in [-0.25, -0.2) is 9.97 Å². The number of pyridine rings is 1. The molecule has 2 heterocycles. The van der Waals surface area contributed by atoms with E-state index in [4.69, 9.17) is 0 Å². The molecule has 3 aromatic carbocycles. The van der Waals surface area contributed by atoms with Gasteiger partial charge in [0.2, 0.25) is 0 Å². The number of rotatable bonds is 6. The third kappa shape index (κ3) is 5.05. The fourth-order valence-corrected chi connectivity index (χ4v) is 3.61. The highest BCUT2D eigenvalue weighted by Crippen LogP contribution is 2.27. The van der Waals surface area contributed by atoms with E-state index in [0.717, 1.165) is 28.0 Å². The van der Waals surface area contributed by atoms with Gasteiger partial charge >= 0.3 is 0 Å². The molecule has 35 heavy (non-hydrogen) atoms. The summed E-state index contributed by atoms with van der Waals surface area (Å²) in [6.07, 6.45) is 4.82. The molecule has 0 saturated carbocycles. The minimum Gasteiger partial charge on any atom is -0.355 e. The highest BCUT2D eigenvalue weighted by atomic mass is 16.1. The molecule has 8 nitrogen and oxygen atoms in total. The second-order valence-corrected chi connectivity index (χ2v) is 7.66. The molecule has 0 aliphatic rings. The van der Waals surface area contributed by atoms with Gasteiger partial charge in [0.15, 0.2) is 0 Å². The third-order valence-electron chi connectivity index (χ3n) is 5.25. The van der Waals surface area contributed by atoms with Gasteiger partial charge in [0.1, 0.15) is 12.1 Å². The van der Waals surface area contributed by atoms with Gasteiger partial charge in [-0.1, -0.05) is 12.1 Å². The standard InChI is InChI=1S/C27H19N7O/c28-16-18-7-8-24-23(13-18)25(9-12-30-24)32-20-4-1-3-19(14-20)27(35)34-22-6-2-5-21(15-22)33-26-10-11-29-17-31-26/h1-15,17H,(H,30,32)(H,34,35)(H,29,31,33). The predicted molar refractivity (Wildman–Crippen MR) is 136 cm³/mol. The van der Waals surface area contributed by atoms with Gasteiger partial charge in [-0.2, -0.15) is 5.26 Å². The number of nitriles is 1. The lowest BCUT2D eigenvalue weighted by atomic mass is 10.1. The number of amides is 1. The van der Waals surface area contributed by atoms with E-state index in [9.17, 15) is 10.1 Å². The summed E-state index contributed by atoms with van der Waals surface area (Å²) < 4.78 is 0. The molecule has 8 heteroatoms. The molecule has 0 fully saturated rings. The zero-order valence-corrected chi connectivity index (χ0v) is 18.4. The van der Waals surface area contributed by atoms with Crippen LogP contribution in [0.3, 0.4) is 0 Å². The molecular formula is C27H19N7O. The Morgan fingerprint density at radius 1 is 0.800 bits per heavy atom. The molecule has 0 saturated heterocycles. The van der Waals surface area contributed by atoms with E-state index < -0.39 is 0 Å². The predicted octanol–water partition coefficient (Wildman–Crippen LogP) is 5.64. The van der Waals surface area contributed by atoms with E-state index in [-0.39, 0.29) is 5.91 Å². The number of fused-ring (bicyclic) bond motifs is 1. The monoisotopic (exact) mass is 457 g/mol. The van der Waals surface area contributed by atoms with E-state index in [2.05, 4.69) is 37.0 Å². The lowest BCUT2D eigenvalue weighted by molar-refractivity contribution is 0.102. The van der Waals surface area contributed by atoms with Crippen LogP contribution in [0.25, 0.3) is 10.9 Å². The smallest absolute Gasteiger partial charge is 0.255 e. The molecule has 0 aliphatic carbocycles. The molecule has 2 aromatic heterocycles. The van der Waals surface area contributed by atoms with Gasteiger partial charge in [0.25, 0.3) is 5.91 Å². The van der Waals surface area contributed by atoms with Crippen molar-refractivity contribution in [2.75, 3.05) is 16.0 Å². The largest absolute Gasteiger partial charge is 0.355 e. The maximum Gasteiger partial charge on any atom is 0.255 e. The summed E-state index contributed by atoms with van der Waals surface area (Å²) in [6.45, 7) is 0. The Morgan fingerprint density at radius 2 is 1.63 bits per heavy atom. The minimum absolute atomic E-state index is 0.237. The van der Waals surface area contributed by atoms with Crippen molar-refractivity contribution in [1.82, 2.24) is 15.0 Å². The fraction of sp³-hybridized carbons (Fsp3) is 0. The summed E-state index contributed by atoms with van der Waals surface area (Å²) in [5.41, 5.74) is 4.81. The Hall–Kier alpha value is -5.29. The van der Waals surface area contributed by atoms with Crippen LogP contribution in [0.2, 0.25) is 0 Å². The zero-order valence-electron chi connectivity index (χ0n) is 18.4. The van der Waals surface area contributed by atoms with Gasteiger partial charge < -0.3 is 16.0 Å². The summed E-state index contributed by atoms with van der Waals surface area (Å²) in [7, 11) is 0. The molecule has 0 atom stereocenters. The van der Waals surface area contributed by atoms with Crippen molar-refractivity contribution >= 4 is 45.4 Å². The SMILES string of the molecule is N#Cc1ccc2nccc(Nc3cccc(C(=O)Nc4cccc(Nc5ccncn5)c4)c3)c2c1. The number of carbonyl (C=O) groups excluding carboxylic acids is 1. The number of nitrogens with one attached hydrogen (secondary N) is 3. The molecule has 5 rings (SSSR count). The maximum atomic E-state index is 13.0. The van der Waals surface area contributed by atoms with Crippen LogP contribution in [0.1, 0.15) is 15.9 Å². The lowest BCUT2D eigenvalue weighted by Crippen LogP contribution is -2.12. The van der Waals surface area contributed by atoms with Crippen molar-refractivity contribution < 1.29 is 4.79 Å². The van der Waals surface area contributed by atoms with Gasteiger partial charge in [-0.15, -0.1) is 0 Å². The van der Waals surface area contributed by atoms with Crippen LogP contribution < -0.4 is 16.0 Å². The molecule has 5 aromatic rings. The third-order valence-corrected chi connectivity index (χ3v) is 5.25. The highest BCUT2D eigenvalue weighted by molar-refractivity contribution is 6.05. The topological polar surface area (TPSA) is 116 Å². The van der Waals surface area contributed by atoms with Crippen LogP contribution in [-0.4, -0.2) is 20.9 Å². The summed E-state index contributed by atoms with van der Waals surface area (Å²) in [6, 6.07) is 25.7. The molecule has 168 valence electrons. The van der Waals surface area contributed by atoms with E-state index in [0.29, 0.717) is 22.6 Å². The normalized spacial score (nSPS) is 10.4. The Kier molecular flexibility index (Phi) is 5.96. The van der Waals surface area contributed by atoms with E-state index >= 15 is 0 Å². The van der Waals surface area contributed by atoms with Crippen LogP contribution >= 0.6 is 0 Å². The van der Waals surface area contributed by atoms with Crippen molar-refractivity contribution in [2.24, 2.45) is 0 Å². The number of carbonyl (C=O) groups is 1. The number of aromatic nitrogens is 3. The zero-order chi connectivity index (χ0) is 24.0. The van der Waals surface area contributed by atoms with E-state index in [1.54, 1.807) is 42.7 Å². The molecule has 1 amide bonds. The first-order valence-electron chi connectivity index (χ1n) is 10.8. The van der Waals surface area contributed by atoms with Crippen molar-refractivity contribution in [3.8, 4) is 6.07 Å². The molecule has 0 spiro atoms. The second-order valence-electron chi connectivity index (χ2n) is 7.66. The van der Waals surface area contributed by atoms with Crippen LogP contribution in [-0.2, 0) is 0 Å². The first-order chi connectivity index (χ1) is 17.2. The molecule has 0 aliphatic heterocycles. The number of benzene rings is 3. The van der Waals surface area contributed by atoms with Crippen molar-refractivity contribution in [3.63, 3.8) is 0 Å². The van der Waals surface area contributed by atoms with Crippen LogP contribution in [0, 0.1) is 11.3 Å². The van der Waals surface area contributed by atoms with Gasteiger partial charge in [-0.05, 0) is 66.7 Å². The van der Waals surface area contributed by atoms with Crippen LogP contribution in [0.5, 0.6) is 0 Å². The molecule has 0 bridgehead atoms. The van der Waals surface area contributed by atoms with E-state index in [1.807, 2.05) is 48.5 Å². The number of anilines is 5. The van der Waals surface area contributed by atoms with Gasteiger partial charge in [-0.3, -0.25) is 9.78 Å². The maximum absolute atomic E-state index is 13.0. The Bertz CT molecular complexity index is 1560. The Morgan fingerprint density at radius 3 is 2.46 bits per heavy atom. The molecule has 0 unspecified atom stereocenters. The average Bonchev–Trinajstić information content (AvgIpc) is 2.89. The lowest BCUT2D eigenvalue weighted by Gasteiger charge is -2.12. The van der Waals surface area contributed by atoms with Crippen LogP contribution in [0.4, 0.5) is 28.6 Å². The number of hydrogen-bond donors (Lipinski definition) is 3. The number of hydrogen-bond acceptors (Lipinski definition) is 7. The fourth-order valence-electron chi connectivity index (χ4n) is 3.61. The van der Waals surface area contributed by atoms with E-state index in [1.165, 1.54) is 6.33 Å². The summed E-state index contributed by atoms with van der Waals surface area (Å²) >= 11 is 0. The molecular weight excluding hydrogens is 438 g/mol. The van der Waals surface area contributed by atoms with Crippen molar-refractivity contribution in [3.05, 3.63) is 109 Å². The van der Waals surface area contributed by atoms with Gasteiger partial charge in [0.05, 0.1) is 17.1 Å². The van der Waals surface area contributed by atoms with Gasteiger partial charge in [0, 0.05) is 46.1 Å². The second kappa shape index (κ2) is 9.68. The number of nitrogens with zero attached hydrogens (tertiary/aromatic N) is 4. The molecule has 3 N–H and O–H groups in total. The van der Waals surface area contributed by atoms with Crippen molar-refractivity contribution in [2.45, 2.75) is 0 Å². The average molecular weight is 457 g/mol. The highest BCUT2D eigenvalue weighted by Gasteiger charge is 2.09. The first kappa shape index (κ1) is 21.6.